The summed E-state index contributed by atoms with van der Waals surface area (Å²) in [6.45, 7) is 4.91. The lowest BCUT2D eigenvalue weighted by atomic mass is 10.1. The molecule has 1 unspecified atom stereocenters. The van der Waals surface area contributed by atoms with Crippen molar-refractivity contribution in [3.63, 3.8) is 0 Å². The molecular weight excluding hydrogens is 387 g/mol. The van der Waals surface area contributed by atoms with Gasteiger partial charge in [0.25, 0.3) is 0 Å². The van der Waals surface area contributed by atoms with Crippen LogP contribution in [-0.2, 0) is 9.59 Å². The molecule has 1 atom stereocenters. The highest BCUT2D eigenvalue weighted by Crippen LogP contribution is 2.16. The summed E-state index contributed by atoms with van der Waals surface area (Å²) in [5, 5.41) is 8.81. The van der Waals surface area contributed by atoms with Gasteiger partial charge < -0.3 is 16.0 Å². The Morgan fingerprint density at radius 3 is 2.22 bits per heavy atom. The summed E-state index contributed by atoms with van der Waals surface area (Å²) in [5.41, 5.74) is 1.40. The molecule has 2 rings (SSSR count). The van der Waals surface area contributed by atoms with Crippen LogP contribution >= 0.6 is 24.8 Å². The van der Waals surface area contributed by atoms with E-state index in [0.29, 0.717) is 24.5 Å². The molecule has 6 nitrogen and oxygen atoms in total. The highest BCUT2D eigenvalue weighted by Gasteiger charge is 2.14. The van der Waals surface area contributed by atoms with Gasteiger partial charge in [-0.15, -0.1) is 24.8 Å². The number of benzene rings is 1. The number of carbonyl (C=O) groups excluding carboxylic acids is 2. The average molecular weight is 419 g/mol. The van der Waals surface area contributed by atoms with Crippen LogP contribution in [0.2, 0.25) is 0 Å². The second kappa shape index (κ2) is 13.8. The van der Waals surface area contributed by atoms with Crippen LogP contribution in [0.3, 0.4) is 0 Å². The number of hydrogen-bond acceptors (Lipinski definition) is 4. The maximum Gasteiger partial charge on any atom is 0.238 e. The first kappa shape index (κ1) is 25.7. The number of nitrogens with zero attached hydrogens (tertiary/aromatic N) is 1. The molecule has 1 aliphatic rings. The molecule has 1 aromatic carbocycles. The molecule has 0 saturated carbocycles. The lowest BCUT2D eigenvalue weighted by molar-refractivity contribution is -0.119. The number of anilines is 2. The van der Waals surface area contributed by atoms with Gasteiger partial charge in [-0.3, -0.25) is 14.5 Å². The van der Waals surface area contributed by atoms with Crippen LogP contribution in [0.15, 0.2) is 24.3 Å². The maximum absolute atomic E-state index is 12.3. The smallest absolute Gasteiger partial charge is 0.238 e. The Labute approximate surface area is 174 Å². The standard InChI is InChI=1S/C19H30N4O2.2ClH/c1-15(13-20-2)19(25)22-17-9-7-8-16(12-17)21-18(24)14-23-10-5-3-4-6-11-23;;/h7-9,12,15,20H,3-6,10-11,13-14H2,1-2H3,(H,21,24)(H,22,25);2*1H. The molecule has 1 aromatic rings. The lowest BCUT2D eigenvalue weighted by Crippen LogP contribution is -2.33. The predicted molar refractivity (Wildman–Crippen MR) is 116 cm³/mol. The van der Waals surface area contributed by atoms with Crippen molar-refractivity contribution in [3.05, 3.63) is 24.3 Å². The fourth-order valence-corrected chi connectivity index (χ4v) is 3.04. The Hall–Kier alpha value is -1.34. The average Bonchev–Trinajstić information content (AvgIpc) is 2.84. The first-order valence-electron chi connectivity index (χ1n) is 9.16. The zero-order valence-corrected chi connectivity index (χ0v) is 17.8. The number of halogens is 2. The third kappa shape index (κ3) is 9.42. The highest BCUT2D eigenvalue weighted by molar-refractivity contribution is 5.95. The number of rotatable bonds is 7. The molecule has 2 amide bonds. The molecule has 1 fully saturated rings. The quantitative estimate of drug-likeness (QED) is 0.635. The number of hydrogen-bond donors (Lipinski definition) is 3. The minimum Gasteiger partial charge on any atom is -0.326 e. The Kier molecular flexibility index (Phi) is 13.1. The summed E-state index contributed by atoms with van der Waals surface area (Å²) in [4.78, 5) is 26.6. The monoisotopic (exact) mass is 418 g/mol. The molecule has 8 heteroatoms. The molecule has 0 aromatic heterocycles. The van der Waals surface area contributed by atoms with E-state index in [1.807, 2.05) is 32.2 Å². The van der Waals surface area contributed by atoms with Gasteiger partial charge in [0.05, 0.1) is 6.54 Å². The fourth-order valence-electron chi connectivity index (χ4n) is 3.04. The van der Waals surface area contributed by atoms with Crippen LogP contribution in [0.1, 0.15) is 32.6 Å². The second-order valence-corrected chi connectivity index (χ2v) is 6.77. The van der Waals surface area contributed by atoms with Crippen molar-refractivity contribution in [2.45, 2.75) is 32.6 Å². The highest BCUT2D eigenvalue weighted by atomic mass is 35.5. The van der Waals surface area contributed by atoms with E-state index in [9.17, 15) is 9.59 Å². The second-order valence-electron chi connectivity index (χ2n) is 6.77. The first-order chi connectivity index (χ1) is 12.1. The molecule has 3 N–H and O–H groups in total. The molecular formula is C19H32Cl2N4O2. The summed E-state index contributed by atoms with van der Waals surface area (Å²) in [7, 11) is 1.82. The third-order valence-electron chi connectivity index (χ3n) is 4.44. The Morgan fingerprint density at radius 2 is 1.63 bits per heavy atom. The summed E-state index contributed by atoms with van der Waals surface area (Å²) < 4.78 is 0. The Balaban J connectivity index is 0.00000338. The Bertz CT molecular complexity index is 579. The fraction of sp³-hybridized carbons (Fsp3) is 0.579. The molecule has 1 heterocycles. The van der Waals surface area contributed by atoms with Gasteiger partial charge in [-0.2, -0.15) is 0 Å². The van der Waals surface area contributed by atoms with E-state index in [2.05, 4.69) is 20.9 Å². The van der Waals surface area contributed by atoms with E-state index in [1.54, 1.807) is 6.07 Å². The molecule has 27 heavy (non-hydrogen) atoms. The molecule has 0 aliphatic carbocycles. The lowest BCUT2D eigenvalue weighted by Gasteiger charge is -2.19. The topological polar surface area (TPSA) is 73.5 Å². The number of nitrogens with one attached hydrogen (secondary N) is 3. The molecule has 154 valence electrons. The van der Waals surface area contributed by atoms with Crippen LogP contribution in [0.25, 0.3) is 0 Å². The number of likely N-dealkylation sites (tertiary alicyclic amines) is 1. The molecule has 0 spiro atoms. The predicted octanol–water partition coefficient (Wildman–Crippen LogP) is 3.14. The summed E-state index contributed by atoms with van der Waals surface area (Å²) >= 11 is 0. The SMILES string of the molecule is CNCC(C)C(=O)Nc1cccc(NC(=O)CN2CCCCCC2)c1.Cl.Cl. The van der Waals surface area contributed by atoms with Gasteiger partial charge >= 0.3 is 0 Å². The Morgan fingerprint density at radius 1 is 1.04 bits per heavy atom. The molecule has 1 aliphatic heterocycles. The molecule has 1 saturated heterocycles. The zero-order chi connectivity index (χ0) is 18.1. The van der Waals surface area contributed by atoms with E-state index in [1.165, 1.54) is 25.7 Å². The van der Waals surface area contributed by atoms with Crippen LogP contribution in [-0.4, -0.2) is 49.9 Å². The number of carbonyl (C=O) groups is 2. The maximum atomic E-state index is 12.3. The normalized spacial score (nSPS) is 15.5. The van der Waals surface area contributed by atoms with Gasteiger partial charge in [0.1, 0.15) is 0 Å². The largest absolute Gasteiger partial charge is 0.326 e. The van der Waals surface area contributed by atoms with Gasteiger partial charge in [0.15, 0.2) is 0 Å². The van der Waals surface area contributed by atoms with E-state index in [4.69, 9.17) is 0 Å². The van der Waals surface area contributed by atoms with Gasteiger partial charge in [0.2, 0.25) is 11.8 Å². The molecule has 0 bridgehead atoms. The van der Waals surface area contributed by atoms with E-state index >= 15 is 0 Å². The van der Waals surface area contributed by atoms with Crippen LogP contribution in [0, 0.1) is 5.92 Å². The van der Waals surface area contributed by atoms with Crippen molar-refractivity contribution in [1.29, 1.82) is 0 Å². The van der Waals surface area contributed by atoms with E-state index < -0.39 is 0 Å². The first-order valence-corrected chi connectivity index (χ1v) is 9.16. The molecule has 0 radical (unpaired) electrons. The van der Waals surface area contributed by atoms with E-state index in [-0.39, 0.29) is 42.5 Å². The van der Waals surface area contributed by atoms with Crippen LogP contribution < -0.4 is 16.0 Å². The van der Waals surface area contributed by atoms with Crippen molar-refractivity contribution in [2.75, 3.05) is 43.9 Å². The van der Waals surface area contributed by atoms with Crippen molar-refractivity contribution >= 4 is 48.0 Å². The number of amides is 2. The summed E-state index contributed by atoms with van der Waals surface area (Å²) in [6.07, 6.45) is 4.84. The summed E-state index contributed by atoms with van der Waals surface area (Å²) in [6, 6.07) is 7.30. The van der Waals surface area contributed by atoms with Crippen molar-refractivity contribution in [1.82, 2.24) is 10.2 Å². The van der Waals surface area contributed by atoms with Crippen molar-refractivity contribution in [2.24, 2.45) is 5.92 Å². The van der Waals surface area contributed by atoms with Crippen LogP contribution in [0.5, 0.6) is 0 Å². The third-order valence-corrected chi connectivity index (χ3v) is 4.44. The van der Waals surface area contributed by atoms with Crippen molar-refractivity contribution in [3.8, 4) is 0 Å². The minimum absolute atomic E-state index is 0. The van der Waals surface area contributed by atoms with E-state index in [0.717, 1.165) is 13.1 Å². The van der Waals surface area contributed by atoms with Crippen molar-refractivity contribution < 1.29 is 9.59 Å². The minimum atomic E-state index is -0.119. The van der Waals surface area contributed by atoms with Gasteiger partial charge in [-0.1, -0.05) is 25.8 Å². The van der Waals surface area contributed by atoms with Gasteiger partial charge in [-0.05, 0) is 51.2 Å². The van der Waals surface area contributed by atoms with Gasteiger partial charge in [-0.25, -0.2) is 0 Å². The van der Waals surface area contributed by atoms with Crippen LogP contribution in [0.4, 0.5) is 11.4 Å². The summed E-state index contributed by atoms with van der Waals surface area (Å²) in [5.74, 6) is -0.164. The van der Waals surface area contributed by atoms with Gasteiger partial charge in [0, 0.05) is 23.8 Å². The zero-order valence-electron chi connectivity index (χ0n) is 16.1.